The molecule has 0 fully saturated rings. The minimum absolute atomic E-state index is 0.673. The molecule has 4 aromatic rings. The molecule has 0 bridgehead atoms. The standard InChI is InChI=1S/C18H13ClN4OS2/c1-24-15-5-3-2-4-13(15)21-17-22-23-18(26-17)25-16-8-9-20-14-10-11(19)6-7-12(14)16/h2-10H,1H3,(H,21,22). The summed E-state index contributed by atoms with van der Waals surface area (Å²) in [6.07, 6.45) is 1.77. The fourth-order valence-corrected chi connectivity index (χ4v) is 4.45. The zero-order chi connectivity index (χ0) is 17.9. The number of methoxy groups -OCH3 is 1. The third kappa shape index (κ3) is 3.60. The summed E-state index contributed by atoms with van der Waals surface area (Å²) in [5.41, 5.74) is 1.71. The maximum Gasteiger partial charge on any atom is 0.211 e. The number of anilines is 2. The van der Waals surface area contributed by atoms with Gasteiger partial charge < -0.3 is 10.1 Å². The Kier molecular flexibility index (Phi) is 4.92. The Hall–Kier alpha value is -2.35. The van der Waals surface area contributed by atoms with E-state index in [1.54, 1.807) is 25.1 Å². The predicted molar refractivity (Wildman–Crippen MR) is 107 cm³/mol. The van der Waals surface area contributed by atoms with Crippen LogP contribution in [0, 0.1) is 0 Å². The van der Waals surface area contributed by atoms with E-state index in [1.165, 1.54) is 11.3 Å². The molecule has 0 amide bonds. The molecule has 0 aliphatic heterocycles. The van der Waals surface area contributed by atoms with E-state index in [-0.39, 0.29) is 0 Å². The Labute approximate surface area is 163 Å². The fourth-order valence-electron chi connectivity index (χ4n) is 2.44. The van der Waals surface area contributed by atoms with E-state index in [0.29, 0.717) is 10.2 Å². The second-order valence-corrected chi connectivity index (χ2v) is 7.97. The first-order valence-electron chi connectivity index (χ1n) is 7.68. The van der Waals surface area contributed by atoms with E-state index in [2.05, 4.69) is 20.5 Å². The van der Waals surface area contributed by atoms with Crippen LogP contribution < -0.4 is 10.1 Å². The molecular weight excluding hydrogens is 388 g/mol. The third-order valence-electron chi connectivity index (χ3n) is 3.62. The predicted octanol–water partition coefficient (Wildman–Crippen LogP) is 5.64. The van der Waals surface area contributed by atoms with Gasteiger partial charge in [-0.1, -0.05) is 52.9 Å². The number of rotatable bonds is 5. The van der Waals surface area contributed by atoms with Gasteiger partial charge in [0.25, 0.3) is 0 Å². The molecule has 26 heavy (non-hydrogen) atoms. The summed E-state index contributed by atoms with van der Waals surface area (Å²) in [5.74, 6) is 0.758. The molecule has 5 nitrogen and oxygen atoms in total. The van der Waals surface area contributed by atoms with Gasteiger partial charge in [0.1, 0.15) is 5.75 Å². The molecule has 0 saturated carbocycles. The van der Waals surface area contributed by atoms with Crippen LogP contribution in [0.15, 0.2) is 64.0 Å². The van der Waals surface area contributed by atoms with Crippen LogP contribution in [-0.4, -0.2) is 22.3 Å². The first-order valence-corrected chi connectivity index (χ1v) is 9.70. The normalized spacial score (nSPS) is 10.8. The number of hydrogen-bond donors (Lipinski definition) is 1. The topological polar surface area (TPSA) is 59.9 Å². The van der Waals surface area contributed by atoms with E-state index in [0.717, 1.165) is 31.6 Å². The number of para-hydroxylation sites is 2. The van der Waals surface area contributed by atoms with Crippen LogP contribution in [-0.2, 0) is 0 Å². The molecule has 8 heteroatoms. The summed E-state index contributed by atoms with van der Waals surface area (Å²) in [6.45, 7) is 0. The van der Waals surface area contributed by atoms with Gasteiger partial charge in [-0.2, -0.15) is 0 Å². The molecular formula is C18H13ClN4OS2. The highest BCUT2D eigenvalue weighted by atomic mass is 35.5. The molecule has 130 valence electrons. The molecule has 0 radical (unpaired) electrons. The first-order chi connectivity index (χ1) is 12.7. The zero-order valence-electron chi connectivity index (χ0n) is 13.6. The van der Waals surface area contributed by atoms with Gasteiger partial charge in [0, 0.05) is 21.5 Å². The van der Waals surface area contributed by atoms with Crippen molar-refractivity contribution in [3.63, 3.8) is 0 Å². The van der Waals surface area contributed by atoms with Crippen molar-refractivity contribution in [2.24, 2.45) is 0 Å². The molecule has 1 N–H and O–H groups in total. The smallest absolute Gasteiger partial charge is 0.211 e. The van der Waals surface area contributed by atoms with Gasteiger partial charge in [0.05, 0.1) is 18.3 Å². The monoisotopic (exact) mass is 400 g/mol. The van der Waals surface area contributed by atoms with Crippen molar-refractivity contribution in [2.45, 2.75) is 9.24 Å². The Morgan fingerprint density at radius 3 is 2.88 bits per heavy atom. The lowest BCUT2D eigenvalue weighted by Crippen LogP contribution is -1.93. The van der Waals surface area contributed by atoms with E-state index in [9.17, 15) is 0 Å². The van der Waals surface area contributed by atoms with Crippen LogP contribution >= 0.6 is 34.7 Å². The van der Waals surface area contributed by atoms with Gasteiger partial charge in [-0.3, -0.25) is 4.98 Å². The number of aromatic nitrogens is 3. The SMILES string of the molecule is COc1ccccc1Nc1nnc(Sc2ccnc3cc(Cl)ccc23)s1. The largest absolute Gasteiger partial charge is 0.495 e. The third-order valence-corrected chi connectivity index (χ3v) is 5.82. The van der Waals surface area contributed by atoms with Crippen molar-refractivity contribution in [1.82, 2.24) is 15.2 Å². The van der Waals surface area contributed by atoms with E-state index >= 15 is 0 Å². The Bertz CT molecular complexity index is 1070. The summed E-state index contributed by atoms with van der Waals surface area (Å²) in [4.78, 5) is 5.43. The van der Waals surface area contributed by atoms with Crippen molar-refractivity contribution in [3.8, 4) is 5.75 Å². The van der Waals surface area contributed by atoms with Gasteiger partial charge in [0.2, 0.25) is 5.13 Å². The van der Waals surface area contributed by atoms with Crippen LogP contribution in [0.2, 0.25) is 5.02 Å². The first kappa shape index (κ1) is 17.1. The summed E-state index contributed by atoms with van der Waals surface area (Å²) in [5, 5.41) is 14.2. The van der Waals surface area contributed by atoms with Crippen molar-refractivity contribution in [1.29, 1.82) is 0 Å². The van der Waals surface area contributed by atoms with Crippen molar-refractivity contribution in [3.05, 3.63) is 59.8 Å². The van der Waals surface area contributed by atoms with Gasteiger partial charge in [0.15, 0.2) is 4.34 Å². The zero-order valence-corrected chi connectivity index (χ0v) is 16.0. The molecule has 0 aliphatic carbocycles. The molecule has 0 spiro atoms. The number of fused-ring (bicyclic) bond motifs is 1. The van der Waals surface area contributed by atoms with Crippen molar-refractivity contribution in [2.75, 3.05) is 12.4 Å². The van der Waals surface area contributed by atoms with E-state index in [4.69, 9.17) is 16.3 Å². The highest BCUT2D eigenvalue weighted by molar-refractivity contribution is 8.01. The summed E-state index contributed by atoms with van der Waals surface area (Å²) < 4.78 is 6.19. The van der Waals surface area contributed by atoms with Gasteiger partial charge in [-0.05, 0) is 30.3 Å². The van der Waals surface area contributed by atoms with Gasteiger partial charge >= 0.3 is 0 Å². The number of benzene rings is 2. The molecule has 4 rings (SSSR count). The van der Waals surface area contributed by atoms with Crippen molar-refractivity contribution >= 4 is 56.4 Å². The highest BCUT2D eigenvalue weighted by Crippen LogP contribution is 2.37. The molecule has 2 aromatic heterocycles. The number of nitrogens with one attached hydrogen (secondary N) is 1. The maximum absolute atomic E-state index is 6.05. The number of pyridine rings is 1. The Morgan fingerprint density at radius 2 is 2.00 bits per heavy atom. The summed E-state index contributed by atoms with van der Waals surface area (Å²) >= 11 is 9.09. The number of halogens is 1. The number of hydrogen-bond acceptors (Lipinski definition) is 7. The number of ether oxygens (including phenoxy) is 1. The minimum atomic E-state index is 0.673. The van der Waals surface area contributed by atoms with Crippen LogP contribution in [0.5, 0.6) is 5.75 Å². The molecule has 0 aliphatic rings. The fraction of sp³-hybridized carbons (Fsp3) is 0.0556. The Morgan fingerprint density at radius 1 is 1.12 bits per heavy atom. The lowest BCUT2D eigenvalue weighted by molar-refractivity contribution is 0.417. The Balaban J connectivity index is 1.58. The maximum atomic E-state index is 6.05. The van der Waals surface area contributed by atoms with Crippen LogP contribution in [0.25, 0.3) is 10.9 Å². The quantitative estimate of drug-likeness (QED) is 0.467. The summed E-state index contributed by atoms with van der Waals surface area (Å²) in [7, 11) is 1.64. The van der Waals surface area contributed by atoms with Crippen molar-refractivity contribution < 1.29 is 4.74 Å². The van der Waals surface area contributed by atoms with E-state index < -0.39 is 0 Å². The minimum Gasteiger partial charge on any atom is -0.495 e. The van der Waals surface area contributed by atoms with Crippen LogP contribution in [0.1, 0.15) is 0 Å². The lowest BCUT2D eigenvalue weighted by atomic mass is 10.2. The highest BCUT2D eigenvalue weighted by Gasteiger charge is 2.11. The number of nitrogens with zero attached hydrogens (tertiary/aromatic N) is 3. The lowest BCUT2D eigenvalue weighted by Gasteiger charge is -2.07. The van der Waals surface area contributed by atoms with Crippen LogP contribution in [0.4, 0.5) is 10.8 Å². The van der Waals surface area contributed by atoms with Gasteiger partial charge in [-0.15, -0.1) is 10.2 Å². The molecule has 2 aromatic carbocycles. The van der Waals surface area contributed by atoms with Crippen LogP contribution in [0.3, 0.4) is 0 Å². The molecule has 2 heterocycles. The van der Waals surface area contributed by atoms with E-state index in [1.807, 2.05) is 48.5 Å². The second-order valence-electron chi connectivity index (χ2n) is 5.27. The molecule has 0 unspecified atom stereocenters. The average Bonchev–Trinajstić information content (AvgIpc) is 3.09. The average molecular weight is 401 g/mol. The second kappa shape index (κ2) is 7.49. The molecule has 0 atom stereocenters. The molecule has 0 saturated heterocycles. The van der Waals surface area contributed by atoms with Gasteiger partial charge in [-0.25, -0.2) is 0 Å². The summed E-state index contributed by atoms with van der Waals surface area (Å²) in [6, 6.07) is 15.4.